The van der Waals surface area contributed by atoms with E-state index in [1.54, 1.807) is 39.5 Å². The number of ether oxygens (including phenoxy) is 3. The zero-order chi connectivity index (χ0) is 20.1. The van der Waals surface area contributed by atoms with E-state index in [2.05, 4.69) is 4.98 Å². The van der Waals surface area contributed by atoms with Gasteiger partial charge in [0.1, 0.15) is 6.61 Å². The molecule has 8 nitrogen and oxygen atoms in total. The Balaban J connectivity index is 1.53. The van der Waals surface area contributed by atoms with Crippen molar-refractivity contribution in [2.45, 2.75) is 37.4 Å². The predicted molar refractivity (Wildman–Crippen MR) is 102 cm³/mol. The highest BCUT2D eigenvalue weighted by Gasteiger charge is 2.41. The number of amides is 2. The van der Waals surface area contributed by atoms with Gasteiger partial charge in [0.15, 0.2) is 0 Å². The minimum Gasteiger partial charge on any atom is -0.481 e. The maximum atomic E-state index is 12.7. The SMILES string of the molecule is COc1ccc(C(=O)N2CCC3(CC2)CC(OCC(=O)N(C)C)CCO3)cn1. The number of likely N-dealkylation sites (tertiary alicyclic amines) is 1. The number of carbonyl (C=O) groups is 2. The summed E-state index contributed by atoms with van der Waals surface area (Å²) >= 11 is 0. The first kappa shape index (κ1) is 20.5. The first-order valence-corrected chi connectivity index (χ1v) is 9.67. The lowest BCUT2D eigenvalue weighted by Gasteiger charge is -2.46. The molecule has 1 unspecified atom stereocenters. The summed E-state index contributed by atoms with van der Waals surface area (Å²) in [6.45, 7) is 1.99. The van der Waals surface area contributed by atoms with E-state index >= 15 is 0 Å². The summed E-state index contributed by atoms with van der Waals surface area (Å²) < 4.78 is 17.0. The minimum atomic E-state index is -0.265. The molecule has 2 fully saturated rings. The third kappa shape index (κ3) is 4.80. The summed E-state index contributed by atoms with van der Waals surface area (Å²) in [5, 5.41) is 0. The maximum absolute atomic E-state index is 12.7. The second kappa shape index (κ2) is 8.87. The van der Waals surface area contributed by atoms with Gasteiger partial charge in [0, 0.05) is 52.5 Å². The first-order valence-electron chi connectivity index (χ1n) is 9.67. The molecular formula is C20H29N3O5. The van der Waals surface area contributed by atoms with E-state index < -0.39 is 0 Å². The number of methoxy groups -OCH3 is 1. The molecule has 0 aromatic carbocycles. The number of hydrogen-bond donors (Lipinski definition) is 0. The smallest absolute Gasteiger partial charge is 0.255 e. The molecule has 3 heterocycles. The van der Waals surface area contributed by atoms with Gasteiger partial charge in [-0.25, -0.2) is 4.98 Å². The monoisotopic (exact) mass is 391 g/mol. The van der Waals surface area contributed by atoms with Crippen molar-refractivity contribution in [2.24, 2.45) is 0 Å². The Labute approximate surface area is 165 Å². The molecule has 2 aliphatic heterocycles. The van der Waals surface area contributed by atoms with Crippen LogP contribution < -0.4 is 4.74 Å². The average molecular weight is 391 g/mol. The van der Waals surface area contributed by atoms with E-state index in [0.29, 0.717) is 31.1 Å². The van der Waals surface area contributed by atoms with Crippen LogP contribution in [0, 0.1) is 0 Å². The summed E-state index contributed by atoms with van der Waals surface area (Å²) in [6.07, 6.45) is 4.66. The van der Waals surface area contributed by atoms with E-state index in [9.17, 15) is 9.59 Å². The van der Waals surface area contributed by atoms with Crippen LogP contribution in [0.15, 0.2) is 18.3 Å². The summed E-state index contributed by atoms with van der Waals surface area (Å²) in [4.78, 5) is 32.0. The second-order valence-corrected chi connectivity index (χ2v) is 7.63. The number of rotatable bonds is 5. The van der Waals surface area contributed by atoms with Crippen LogP contribution in [0.25, 0.3) is 0 Å². The van der Waals surface area contributed by atoms with Gasteiger partial charge in [0.2, 0.25) is 11.8 Å². The van der Waals surface area contributed by atoms with E-state index in [-0.39, 0.29) is 30.1 Å². The van der Waals surface area contributed by atoms with Gasteiger partial charge in [-0.05, 0) is 25.3 Å². The molecule has 2 saturated heterocycles. The standard InChI is InChI=1S/C20H29N3O5/c1-22(2)18(24)14-27-16-6-11-28-20(12-16)7-9-23(10-8-20)19(25)15-4-5-17(26-3)21-13-15/h4-5,13,16H,6-12,14H2,1-3H3. The van der Waals surface area contributed by atoms with Gasteiger partial charge < -0.3 is 24.0 Å². The molecule has 0 bridgehead atoms. The quantitative estimate of drug-likeness (QED) is 0.754. The van der Waals surface area contributed by atoms with Crippen LogP contribution in [-0.2, 0) is 14.3 Å². The maximum Gasteiger partial charge on any atom is 0.255 e. The fourth-order valence-electron chi connectivity index (χ4n) is 3.72. The lowest BCUT2D eigenvalue weighted by atomic mass is 9.83. The number of pyridine rings is 1. The fourth-order valence-corrected chi connectivity index (χ4v) is 3.72. The molecule has 3 rings (SSSR count). The lowest BCUT2D eigenvalue weighted by molar-refractivity contribution is -0.160. The predicted octanol–water partition coefficient (Wildman–Crippen LogP) is 1.35. The molecule has 1 aromatic rings. The highest BCUT2D eigenvalue weighted by atomic mass is 16.5. The van der Waals surface area contributed by atoms with E-state index in [1.807, 2.05) is 4.90 Å². The van der Waals surface area contributed by atoms with Gasteiger partial charge in [-0.2, -0.15) is 0 Å². The number of piperidine rings is 1. The van der Waals surface area contributed by atoms with E-state index in [0.717, 1.165) is 25.7 Å². The van der Waals surface area contributed by atoms with Crippen LogP contribution in [0.4, 0.5) is 0 Å². The molecule has 2 aliphatic rings. The first-order chi connectivity index (χ1) is 13.4. The Hall–Kier alpha value is -2.19. The van der Waals surface area contributed by atoms with Gasteiger partial charge in [0.25, 0.3) is 5.91 Å². The molecule has 2 amide bonds. The van der Waals surface area contributed by atoms with Crippen molar-refractivity contribution in [3.8, 4) is 5.88 Å². The van der Waals surface area contributed by atoms with Crippen LogP contribution in [-0.4, -0.2) is 85.8 Å². The Morgan fingerprint density at radius 1 is 1.32 bits per heavy atom. The van der Waals surface area contributed by atoms with Crippen LogP contribution >= 0.6 is 0 Å². The van der Waals surface area contributed by atoms with Gasteiger partial charge in [-0.3, -0.25) is 9.59 Å². The normalized spacial score (nSPS) is 21.4. The Morgan fingerprint density at radius 2 is 2.07 bits per heavy atom. The molecule has 0 saturated carbocycles. The van der Waals surface area contributed by atoms with Crippen molar-refractivity contribution in [2.75, 3.05) is 47.5 Å². The topological polar surface area (TPSA) is 81.2 Å². The van der Waals surface area contributed by atoms with E-state index in [4.69, 9.17) is 14.2 Å². The average Bonchev–Trinajstić information content (AvgIpc) is 2.72. The summed E-state index contributed by atoms with van der Waals surface area (Å²) in [7, 11) is 5.00. The van der Waals surface area contributed by atoms with Gasteiger partial charge in [-0.1, -0.05) is 0 Å². The third-order valence-corrected chi connectivity index (χ3v) is 5.54. The number of hydrogen-bond acceptors (Lipinski definition) is 6. The summed E-state index contributed by atoms with van der Waals surface area (Å²) in [5.41, 5.74) is 0.295. The summed E-state index contributed by atoms with van der Waals surface area (Å²) in [5.74, 6) is 0.433. The zero-order valence-corrected chi connectivity index (χ0v) is 16.8. The molecule has 0 aliphatic carbocycles. The van der Waals surface area contributed by atoms with Crippen molar-refractivity contribution in [1.29, 1.82) is 0 Å². The van der Waals surface area contributed by atoms with Crippen LogP contribution in [0.3, 0.4) is 0 Å². The number of likely N-dealkylation sites (N-methyl/N-ethyl adjacent to an activating group) is 1. The fraction of sp³-hybridized carbons (Fsp3) is 0.650. The zero-order valence-electron chi connectivity index (χ0n) is 16.8. The number of carbonyl (C=O) groups excluding carboxylic acids is 2. The molecule has 1 aromatic heterocycles. The Morgan fingerprint density at radius 3 is 2.68 bits per heavy atom. The lowest BCUT2D eigenvalue weighted by Crippen LogP contribution is -2.52. The van der Waals surface area contributed by atoms with Gasteiger partial charge in [-0.15, -0.1) is 0 Å². The second-order valence-electron chi connectivity index (χ2n) is 7.63. The highest BCUT2D eigenvalue weighted by molar-refractivity contribution is 5.94. The van der Waals surface area contributed by atoms with Crippen molar-refractivity contribution < 1.29 is 23.8 Å². The molecule has 8 heteroatoms. The largest absolute Gasteiger partial charge is 0.481 e. The molecular weight excluding hydrogens is 362 g/mol. The van der Waals surface area contributed by atoms with Gasteiger partial charge in [0.05, 0.1) is 24.4 Å². The Bertz CT molecular complexity index is 684. The summed E-state index contributed by atoms with van der Waals surface area (Å²) in [6, 6.07) is 3.43. The molecule has 1 spiro atoms. The van der Waals surface area contributed by atoms with Crippen molar-refractivity contribution in [3.05, 3.63) is 23.9 Å². The highest BCUT2D eigenvalue weighted by Crippen LogP contribution is 2.36. The minimum absolute atomic E-state index is 0.0192. The van der Waals surface area contributed by atoms with Crippen LogP contribution in [0.2, 0.25) is 0 Å². The van der Waals surface area contributed by atoms with E-state index in [1.165, 1.54) is 4.90 Å². The molecule has 154 valence electrons. The Kier molecular flexibility index (Phi) is 6.51. The van der Waals surface area contributed by atoms with Crippen molar-refractivity contribution >= 4 is 11.8 Å². The third-order valence-electron chi connectivity index (χ3n) is 5.54. The van der Waals surface area contributed by atoms with Crippen LogP contribution in [0.1, 0.15) is 36.0 Å². The van der Waals surface area contributed by atoms with Gasteiger partial charge >= 0.3 is 0 Å². The number of nitrogens with zero attached hydrogens (tertiary/aromatic N) is 3. The van der Waals surface area contributed by atoms with Crippen molar-refractivity contribution in [1.82, 2.24) is 14.8 Å². The molecule has 0 N–H and O–H groups in total. The molecule has 28 heavy (non-hydrogen) atoms. The van der Waals surface area contributed by atoms with Crippen molar-refractivity contribution in [3.63, 3.8) is 0 Å². The molecule has 1 atom stereocenters. The number of aromatic nitrogens is 1. The van der Waals surface area contributed by atoms with Crippen LogP contribution in [0.5, 0.6) is 5.88 Å². The molecule has 0 radical (unpaired) electrons.